The summed E-state index contributed by atoms with van der Waals surface area (Å²) >= 11 is 0. The summed E-state index contributed by atoms with van der Waals surface area (Å²) in [6, 6.07) is 22.6. The summed E-state index contributed by atoms with van der Waals surface area (Å²) in [7, 11) is 2.11. The molecule has 2 saturated heterocycles. The molecule has 206 valence electrons. The second kappa shape index (κ2) is 11.4. The van der Waals surface area contributed by atoms with Crippen LogP contribution >= 0.6 is 0 Å². The molecule has 2 aromatic carbocycles. The smallest absolute Gasteiger partial charge is 0.240 e. The summed E-state index contributed by atoms with van der Waals surface area (Å²) in [6.07, 6.45) is 5.66. The number of nitrogens with one attached hydrogen (secondary N) is 1. The zero-order chi connectivity index (χ0) is 27.5. The fourth-order valence-electron chi connectivity index (χ4n) is 5.71. The van der Waals surface area contributed by atoms with E-state index in [1.54, 1.807) is 6.20 Å². The molecule has 9 heteroatoms. The topological polar surface area (TPSA) is 95.5 Å². The summed E-state index contributed by atoms with van der Waals surface area (Å²) in [5, 5.41) is 3.34. The van der Waals surface area contributed by atoms with Crippen molar-refractivity contribution in [3.63, 3.8) is 0 Å². The van der Waals surface area contributed by atoms with Crippen molar-refractivity contribution in [1.29, 1.82) is 0 Å². The van der Waals surface area contributed by atoms with Crippen LogP contribution < -0.4 is 20.9 Å². The Labute approximate surface area is 235 Å². The van der Waals surface area contributed by atoms with Gasteiger partial charge in [0.15, 0.2) is 0 Å². The molecule has 40 heavy (non-hydrogen) atoms. The number of nitrogens with zero attached hydrogens (tertiary/aromatic N) is 6. The van der Waals surface area contributed by atoms with E-state index in [0.29, 0.717) is 5.95 Å². The van der Waals surface area contributed by atoms with Crippen molar-refractivity contribution in [2.24, 2.45) is 12.8 Å². The van der Waals surface area contributed by atoms with Crippen LogP contribution in [0.25, 0.3) is 11.3 Å². The highest BCUT2D eigenvalue weighted by Crippen LogP contribution is 2.28. The van der Waals surface area contributed by atoms with E-state index in [4.69, 9.17) is 10.7 Å². The van der Waals surface area contributed by atoms with Gasteiger partial charge in [-0.15, -0.1) is 0 Å². The van der Waals surface area contributed by atoms with E-state index in [0.717, 1.165) is 74.7 Å². The molecule has 2 aliphatic heterocycles. The molecule has 4 aromatic rings. The minimum Gasteiger partial charge on any atom is -0.369 e. The number of primary amides is 1. The molecule has 1 atom stereocenters. The molecule has 0 unspecified atom stereocenters. The van der Waals surface area contributed by atoms with Gasteiger partial charge in [0.2, 0.25) is 11.9 Å². The molecule has 0 aliphatic carbocycles. The van der Waals surface area contributed by atoms with Gasteiger partial charge < -0.3 is 25.4 Å². The Bertz CT molecular complexity index is 1440. The molecule has 0 bridgehead atoms. The van der Waals surface area contributed by atoms with Crippen molar-refractivity contribution in [2.45, 2.75) is 25.4 Å². The number of aryl methyl sites for hydroxylation is 1. The van der Waals surface area contributed by atoms with E-state index in [-0.39, 0.29) is 11.9 Å². The number of carbonyl (C=O) groups excluding carboxylic acids is 1. The van der Waals surface area contributed by atoms with E-state index in [9.17, 15) is 4.79 Å². The summed E-state index contributed by atoms with van der Waals surface area (Å²) in [6.45, 7) is 5.98. The SMILES string of the molecule is Cn1cccc1CN1CCN(c2ccc(Nc3nccc(-c4ccc(N5CCC[C@@H]5C(N)=O)cc4)n3)cc2)CC1. The first-order valence-electron chi connectivity index (χ1n) is 14.0. The maximum absolute atomic E-state index is 11.8. The average molecular weight is 537 g/mol. The monoisotopic (exact) mass is 536 g/mol. The maximum Gasteiger partial charge on any atom is 0.240 e. The van der Waals surface area contributed by atoms with Gasteiger partial charge in [-0.05, 0) is 67.4 Å². The first-order chi connectivity index (χ1) is 19.5. The highest BCUT2D eigenvalue weighted by molar-refractivity contribution is 5.84. The summed E-state index contributed by atoms with van der Waals surface area (Å²) in [4.78, 5) is 28.0. The minimum atomic E-state index is -0.262. The molecule has 4 heterocycles. The van der Waals surface area contributed by atoms with Gasteiger partial charge in [0.25, 0.3) is 0 Å². The quantitative estimate of drug-likeness (QED) is 0.351. The van der Waals surface area contributed by atoms with Crippen LogP contribution in [-0.2, 0) is 18.4 Å². The van der Waals surface area contributed by atoms with Crippen LogP contribution in [0, 0.1) is 0 Å². The molecule has 2 aliphatic rings. The number of amides is 1. The van der Waals surface area contributed by atoms with Gasteiger partial charge in [-0.2, -0.15) is 0 Å². The number of aromatic nitrogens is 3. The minimum absolute atomic E-state index is 0.226. The number of rotatable bonds is 8. The number of hydrogen-bond acceptors (Lipinski definition) is 7. The lowest BCUT2D eigenvalue weighted by molar-refractivity contribution is -0.119. The number of hydrogen-bond donors (Lipinski definition) is 2. The molecule has 9 nitrogen and oxygen atoms in total. The van der Waals surface area contributed by atoms with Crippen LogP contribution in [0.1, 0.15) is 18.5 Å². The predicted molar refractivity (Wildman–Crippen MR) is 160 cm³/mol. The molecule has 0 radical (unpaired) electrons. The van der Waals surface area contributed by atoms with Crippen LogP contribution in [0.2, 0.25) is 0 Å². The van der Waals surface area contributed by atoms with E-state index in [1.807, 2.05) is 30.3 Å². The Hall–Kier alpha value is -4.37. The first kappa shape index (κ1) is 25.9. The molecular weight excluding hydrogens is 500 g/mol. The predicted octanol–water partition coefficient (Wildman–Crippen LogP) is 4.00. The fraction of sp³-hybridized carbons (Fsp3) is 0.323. The Morgan fingerprint density at radius 3 is 2.40 bits per heavy atom. The normalized spacial score (nSPS) is 17.8. The second-order valence-corrected chi connectivity index (χ2v) is 10.6. The lowest BCUT2D eigenvalue weighted by atomic mass is 10.1. The highest BCUT2D eigenvalue weighted by Gasteiger charge is 2.29. The van der Waals surface area contributed by atoms with E-state index in [2.05, 4.69) is 79.2 Å². The highest BCUT2D eigenvalue weighted by atomic mass is 16.1. The third kappa shape index (κ3) is 5.65. The lowest BCUT2D eigenvalue weighted by Gasteiger charge is -2.36. The third-order valence-electron chi connectivity index (χ3n) is 8.03. The number of benzene rings is 2. The van der Waals surface area contributed by atoms with Gasteiger partial charge in [-0.1, -0.05) is 12.1 Å². The number of nitrogens with two attached hydrogens (primary N) is 1. The molecule has 2 aromatic heterocycles. The van der Waals surface area contributed by atoms with E-state index >= 15 is 0 Å². The summed E-state index contributed by atoms with van der Waals surface area (Å²) in [5.74, 6) is 0.291. The van der Waals surface area contributed by atoms with Crippen LogP contribution in [0.4, 0.5) is 23.0 Å². The number of anilines is 4. The van der Waals surface area contributed by atoms with Gasteiger partial charge >= 0.3 is 0 Å². The van der Waals surface area contributed by atoms with Crippen molar-refractivity contribution in [3.8, 4) is 11.3 Å². The summed E-state index contributed by atoms with van der Waals surface area (Å²) in [5.41, 5.74) is 12.0. The van der Waals surface area contributed by atoms with Crippen molar-refractivity contribution in [1.82, 2.24) is 19.4 Å². The van der Waals surface area contributed by atoms with Gasteiger partial charge in [0.05, 0.1) is 5.69 Å². The van der Waals surface area contributed by atoms with Gasteiger partial charge in [0, 0.05) is 87.0 Å². The maximum atomic E-state index is 11.8. The van der Waals surface area contributed by atoms with Crippen LogP contribution in [0.3, 0.4) is 0 Å². The van der Waals surface area contributed by atoms with Gasteiger partial charge in [-0.25, -0.2) is 9.97 Å². The summed E-state index contributed by atoms with van der Waals surface area (Å²) < 4.78 is 2.20. The Balaban J connectivity index is 1.06. The molecule has 3 N–H and O–H groups in total. The van der Waals surface area contributed by atoms with Crippen molar-refractivity contribution >= 4 is 28.9 Å². The van der Waals surface area contributed by atoms with Crippen molar-refractivity contribution < 1.29 is 4.79 Å². The Morgan fingerprint density at radius 2 is 1.70 bits per heavy atom. The van der Waals surface area contributed by atoms with Gasteiger partial charge in [-0.3, -0.25) is 9.69 Å². The van der Waals surface area contributed by atoms with E-state index in [1.165, 1.54) is 11.4 Å². The Morgan fingerprint density at radius 1 is 0.950 bits per heavy atom. The van der Waals surface area contributed by atoms with Crippen molar-refractivity contribution in [3.05, 3.63) is 84.8 Å². The molecule has 0 saturated carbocycles. The van der Waals surface area contributed by atoms with E-state index < -0.39 is 0 Å². The third-order valence-corrected chi connectivity index (χ3v) is 8.03. The molecule has 2 fully saturated rings. The zero-order valence-corrected chi connectivity index (χ0v) is 22.9. The fourth-order valence-corrected chi connectivity index (χ4v) is 5.71. The average Bonchev–Trinajstić information content (AvgIpc) is 3.64. The standard InChI is InChI=1S/C31H36N8O/c1-36-16-2-4-27(36)22-37-18-20-38(21-19-37)25-12-8-24(9-13-25)34-31-33-15-14-28(35-31)23-6-10-26(11-7-23)39-17-3-5-29(39)30(32)40/h2,4,6-16,29H,3,5,17-22H2,1H3,(H2,32,40)(H,33,34,35)/t29-/m1/s1. The molecule has 6 rings (SSSR count). The molecule has 0 spiro atoms. The largest absolute Gasteiger partial charge is 0.369 e. The number of carbonyl (C=O) groups is 1. The van der Waals surface area contributed by atoms with Crippen LogP contribution in [-0.4, -0.2) is 64.1 Å². The molecular formula is C31H36N8O. The Kier molecular flexibility index (Phi) is 7.37. The van der Waals surface area contributed by atoms with Gasteiger partial charge in [0.1, 0.15) is 6.04 Å². The second-order valence-electron chi connectivity index (χ2n) is 10.6. The number of piperazine rings is 1. The van der Waals surface area contributed by atoms with Crippen LogP contribution in [0.15, 0.2) is 79.1 Å². The van der Waals surface area contributed by atoms with Crippen LogP contribution in [0.5, 0.6) is 0 Å². The zero-order valence-electron chi connectivity index (χ0n) is 22.9. The molecule has 1 amide bonds. The van der Waals surface area contributed by atoms with Crippen molar-refractivity contribution in [2.75, 3.05) is 47.8 Å². The first-order valence-corrected chi connectivity index (χ1v) is 14.0. The lowest BCUT2D eigenvalue weighted by Crippen LogP contribution is -2.46.